The lowest BCUT2D eigenvalue weighted by Crippen LogP contribution is -2.38. The molecule has 1 aromatic heterocycles. The van der Waals surface area contributed by atoms with Crippen molar-refractivity contribution in [1.82, 2.24) is 5.32 Å². The van der Waals surface area contributed by atoms with Gasteiger partial charge in [0.25, 0.3) is 0 Å². The number of nitrogens with one attached hydrogen (secondary N) is 1. The Morgan fingerprint density at radius 3 is 2.67 bits per heavy atom. The number of aryl methyl sites for hydroxylation is 1. The van der Waals surface area contributed by atoms with Gasteiger partial charge in [-0.1, -0.05) is 6.92 Å². The zero-order chi connectivity index (χ0) is 11.4. The van der Waals surface area contributed by atoms with E-state index in [4.69, 9.17) is 5.73 Å². The van der Waals surface area contributed by atoms with Gasteiger partial charge >= 0.3 is 0 Å². The van der Waals surface area contributed by atoms with E-state index in [1.165, 1.54) is 11.1 Å². The molecule has 1 amide bonds. The molecule has 0 saturated carbocycles. The van der Waals surface area contributed by atoms with Gasteiger partial charge in [0.2, 0.25) is 5.91 Å². The Balaban J connectivity index is 2.44. The third-order valence-electron chi connectivity index (χ3n) is 2.62. The van der Waals surface area contributed by atoms with Crippen LogP contribution in [0, 0.1) is 12.8 Å². The summed E-state index contributed by atoms with van der Waals surface area (Å²) in [5, 5.41) is 7.04. The van der Waals surface area contributed by atoms with Gasteiger partial charge in [0, 0.05) is 18.5 Å². The van der Waals surface area contributed by atoms with Crippen molar-refractivity contribution in [3.05, 3.63) is 21.9 Å². The number of rotatable bonds is 4. The van der Waals surface area contributed by atoms with E-state index in [2.05, 4.69) is 16.1 Å². The summed E-state index contributed by atoms with van der Waals surface area (Å²) in [5.41, 5.74) is 8.07. The minimum Gasteiger partial charge on any atom is -0.352 e. The van der Waals surface area contributed by atoms with Crippen molar-refractivity contribution in [3.8, 4) is 0 Å². The highest BCUT2D eigenvalue weighted by molar-refractivity contribution is 7.08. The average molecular weight is 226 g/mol. The zero-order valence-electron chi connectivity index (χ0n) is 9.41. The second kappa shape index (κ2) is 5.28. The summed E-state index contributed by atoms with van der Waals surface area (Å²) in [7, 11) is 0. The Kier molecular flexibility index (Phi) is 4.29. The second-order valence-electron chi connectivity index (χ2n) is 3.95. The summed E-state index contributed by atoms with van der Waals surface area (Å²) in [6, 6.07) is -0.103. The lowest BCUT2D eigenvalue weighted by molar-refractivity contribution is -0.125. The summed E-state index contributed by atoms with van der Waals surface area (Å²) < 4.78 is 0. The lowest BCUT2D eigenvalue weighted by Gasteiger charge is -2.15. The quantitative estimate of drug-likeness (QED) is 0.820. The van der Waals surface area contributed by atoms with E-state index < -0.39 is 0 Å². The van der Waals surface area contributed by atoms with Crippen LogP contribution in [0.25, 0.3) is 0 Å². The fourth-order valence-electron chi connectivity index (χ4n) is 1.15. The number of nitrogens with two attached hydrogens (primary N) is 1. The van der Waals surface area contributed by atoms with Gasteiger partial charge in [-0.25, -0.2) is 0 Å². The highest BCUT2D eigenvalue weighted by Crippen LogP contribution is 2.13. The van der Waals surface area contributed by atoms with E-state index in [0.717, 1.165) is 0 Å². The molecule has 0 bridgehead atoms. The first-order valence-electron chi connectivity index (χ1n) is 5.07. The van der Waals surface area contributed by atoms with E-state index >= 15 is 0 Å². The third-order valence-corrected chi connectivity index (χ3v) is 3.53. The largest absolute Gasteiger partial charge is 0.352 e. The highest BCUT2D eigenvalue weighted by atomic mass is 32.1. The number of carbonyl (C=O) groups is 1. The lowest BCUT2D eigenvalue weighted by atomic mass is 10.0. The predicted octanol–water partition coefficient (Wildman–Crippen LogP) is 1.66. The zero-order valence-corrected chi connectivity index (χ0v) is 10.2. The molecule has 0 fully saturated rings. The molecule has 0 aliphatic heterocycles. The van der Waals surface area contributed by atoms with Crippen LogP contribution in [0.2, 0.25) is 0 Å². The van der Waals surface area contributed by atoms with Crippen molar-refractivity contribution in [1.29, 1.82) is 0 Å². The Morgan fingerprint density at radius 2 is 2.20 bits per heavy atom. The summed E-state index contributed by atoms with van der Waals surface area (Å²) in [6.07, 6.45) is 0. The van der Waals surface area contributed by atoms with Crippen LogP contribution in [-0.4, -0.2) is 11.9 Å². The minimum absolute atomic E-state index is 0.0237. The van der Waals surface area contributed by atoms with Crippen LogP contribution in [0.15, 0.2) is 10.8 Å². The summed E-state index contributed by atoms with van der Waals surface area (Å²) in [5.74, 6) is -0.112. The molecule has 0 aliphatic rings. The Hall–Kier alpha value is -0.870. The second-order valence-corrected chi connectivity index (χ2v) is 4.69. The van der Waals surface area contributed by atoms with E-state index in [-0.39, 0.29) is 17.9 Å². The molecule has 1 aromatic rings. The van der Waals surface area contributed by atoms with Gasteiger partial charge in [0.1, 0.15) is 0 Å². The highest BCUT2D eigenvalue weighted by Gasteiger charge is 2.16. The minimum atomic E-state index is -0.135. The van der Waals surface area contributed by atoms with Crippen molar-refractivity contribution in [3.63, 3.8) is 0 Å². The predicted molar refractivity (Wildman–Crippen MR) is 63.7 cm³/mol. The molecule has 2 unspecified atom stereocenters. The Morgan fingerprint density at radius 1 is 1.53 bits per heavy atom. The molecule has 1 rings (SSSR count). The Labute approximate surface area is 94.7 Å². The standard InChI is InChI=1S/C11H18N2OS/c1-7-5-15-6-10(7)4-13-11(14)8(2)9(3)12/h5-6,8-9H,4,12H2,1-3H3,(H,13,14). The van der Waals surface area contributed by atoms with Crippen molar-refractivity contribution in [2.75, 3.05) is 0 Å². The SMILES string of the molecule is Cc1cscc1CNC(=O)C(C)C(C)N. The van der Waals surface area contributed by atoms with Crippen molar-refractivity contribution in [2.45, 2.75) is 33.4 Å². The van der Waals surface area contributed by atoms with Gasteiger partial charge in [-0.15, -0.1) is 0 Å². The fraction of sp³-hybridized carbons (Fsp3) is 0.545. The monoisotopic (exact) mass is 226 g/mol. The van der Waals surface area contributed by atoms with Gasteiger partial charge in [-0.3, -0.25) is 4.79 Å². The third kappa shape index (κ3) is 3.32. The normalized spacial score (nSPS) is 14.7. The molecule has 0 saturated heterocycles. The van der Waals surface area contributed by atoms with E-state index in [9.17, 15) is 4.79 Å². The molecule has 84 valence electrons. The number of hydrogen-bond donors (Lipinski definition) is 2. The van der Waals surface area contributed by atoms with Crippen LogP contribution < -0.4 is 11.1 Å². The van der Waals surface area contributed by atoms with Crippen molar-refractivity contribution < 1.29 is 4.79 Å². The molecule has 2 atom stereocenters. The summed E-state index contributed by atoms with van der Waals surface area (Å²) >= 11 is 1.66. The molecule has 0 aromatic carbocycles. The van der Waals surface area contributed by atoms with Crippen LogP contribution in [0.1, 0.15) is 25.0 Å². The number of thiophene rings is 1. The van der Waals surface area contributed by atoms with Crippen molar-refractivity contribution >= 4 is 17.2 Å². The fourth-order valence-corrected chi connectivity index (χ4v) is 2.01. The molecule has 0 spiro atoms. The Bertz CT molecular complexity index is 333. The van der Waals surface area contributed by atoms with Crippen molar-refractivity contribution in [2.24, 2.45) is 11.7 Å². The van der Waals surface area contributed by atoms with Gasteiger partial charge < -0.3 is 11.1 Å². The average Bonchev–Trinajstić information content (AvgIpc) is 2.59. The van der Waals surface area contributed by atoms with Crippen LogP contribution in [0.3, 0.4) is 0 Å². The van der Waals surface area contributed by atoms with Crippen LogP contribution in [0.5, 0.6) is 0 Å². The molecule has 3 nitrogen and oxygen atoms in total. The smallest absolute Gasteiger partial charge is 0.224 e. The maximum atomic E-state index is 11.6. The van der Waals surface area contributed by atoms with Gasteiger partial charge in [0.15, 0.2) is 0 Å². The van der Waals surface area contributed by atoms with E-state index in [1.54, 1.807) is 11.3 Å². The molecular weight excluding hydrogens is 208 g/mol. The first-order valence-corrected chi connectivity index (χ1v) is 6.01. The summed E-state index contributed by atoms with van der Waals surface area (Å²) in [6.45, 7) is 6.35. The molecule has 4 heteroatoms. The first-order chi connectivity index (χ1) is 7.02. The topological polar surface area (TPSA) is 55.1 Å². The maximum absolute atomic E-state index is 11.6. The van der Waals surface area contributed by atoms with Crippen LogP contribution in [-0.2, 0) is 11.3 Å². The summed E-state index contributed by atoms with van der Waals surface area (Å²) in [4.78, 5) is 11.6. The maximum Gasteiger partial charge on any atom is 0.224 e. The van der Waals surface area contributed by atoms with E-state index in [0.29, 0.717) is 6.54 Å². The molecule has 0 radical (unpaired) electrons. The van der Waals surface area contributed by atoms with Gasteiger partial charge in [-0.05, 0) is 35.7 Å². The molecule has 15 heavy (non-hydrogen) atoms. The molecule has 1 heterocycles. The number of carbonyl (C=O) groups excluding carboxylic acids is 1. The number of amides is 1. The van der Waals surface area contributed by atoms with E-state index in [1.807, 2.05) is 20.8 Å². The molecule has 3 N–H and O–H groups in total. The molecular formula is C11H18N2OS. The van der Waals surface area contributed by atoms with Crippen LogP contribution in [0.4, 0.5) is 0 Å². The van der Waals surface area contributed by atoms with Gasteiger partial charge in [0.05, 0.1) is 0 Å². The molecule has 0 aliphatic carbocycles. The van der Waals surface area contributed by atoms with Gasteiger partial charge in [-0.2, -0.15) is 11.3 Å². The number of hydrogen-bond acceptors (Lipinski definition) is 3. The van der Waals surface area contributed by atoms with Crippen LogP contribution >= 0.6 is 11.3 Å². The first kappa shape index (κ1) is 12.2.